The molecule has 152 valence electrons. The van der Waals surface area contributed by atoms with Gasteiger partial charge in [-0.1, -0.05) is 35.2 Å². The number of carbonyl (C=O) groups is 1. The third kappa shape index (κ3) is 6.53. The molecule has 0 bridgehead atoms. The number of hydrogen-bond acceptors (Lipinski definition) is 6. The van der Waals surface area contributed by atoms with Crippen LogP contribution in [0.2, 0.25) is 0 Å². The van der Waals surface area contributed by atoms with Gasteiger partial charge in [0.05, 0.1) is 5.75 Å². The first kappa shape index (κ1) is 21.2. The Hall–Kier alpha value is -1.51. The van der Waals surface area contributed by atoms with Crippen molar-refractivity contribution in [1.29, 1.82) is 0 Å². The Kier molecular flexibility index (Phi) is 7.82. The Balaban J connectivity index is 1.40. The van der Waals surface area contributed by atoms with E-state index < -0.39 is 0 Å². The minimum atomic E-state index is -0.186. The Morgan fingerprint density at radius 2 is 2.14 bits per heavy atom. The number of nitrogens with zero attached hydrogens (tertiary/aromatic N) is 4. The van der Waals surface area contributed by atoms with Crippen molar-refractivity contribution in [2.75, 3.05) is 39.0 Å². The van der Waals surface area contributed by atoms with Crippen molar-refractivity contribution in [1.82, 2.24) is 20.0 Å². The first-order valence-electron chi connectivity index (χ1n) is 9.63. The number of rotatable bonds is 8. The average molecular weight is 423 g/mol. The van der Waals surface area contributed by atoms with Crippen LogP contribution in [0.4, 0.5) is 4.39 Å². The maximum atomic E-state index is 13.0. The highest BCUT2D eigenvalue weighted by Crippen LogP contribution is 2.23. The van der Waals surface area contributed by atoms with Crippen LogP contribution in [0, 0.1) is 18.7 Å². The van der Waals surface area contributed by atoms with Crippen LogP contribution in [0.3, 0.4) is 0 Å². The molecule has 1 saturated heterocycles. The molecule has 28 heavy (non-hydrogen) atoms. The van der Waals surface area contributed by atoms with Crippen molar-refractivity contribution in [3.8, 4) is 0 Å². The predicted molar refractivity (Wildman–Crippen MR) is 112 cm³/mol. The Bertz CT molecular complexity index is 768. The zero-order valence-corrected chi connectivity index (χ0v) is 18.1. The molecule has 1 atom stereocenters. The molecule has 0 radical (unpaired) electrons. The van der Waals surface area contributed by atoms with Gasteiger partial charge in [0.25, 0.3) is 0 Å². The smallest absolute Gasteiger partial charge is 0.232 e. The summed E-state index contributed by atoms with van der Waals surface area (Å²) in [7, 11) is 1.89. The normalized spacial score (nSPS) is 17.6. The van der Waals surface area contributed by atoms with Crippen LogP contribution in [0.25, 0.3) is 0 Å². The number of carbonyl (C=O) groups excluding carboxylic acids is 1. The Morgan fingerprint density at radius 3 is 2.86 bits per heavy atom. The van der Waals surface area contributed by atoms with Crippen molar-refractivity contribution < 1.29 is 9.18 Å². The van der Waals surface area contributed by atoms with Gasteiger partial charge in [0.15, 0.2) is 4.34 Å². The maximum Gasteiger partial charge on any atom is 0.232 e. The van der Waals surface area contributed by atoms with Crippen LogP contribution >= 0.6 is 23.1 Å². The third-order valence-corrected chi connectivity index (χ3v) is 6.97. The number of aromatic nitrogens is 2. The van der Waals surface area contributed by atoms with E-state index in [4.69, 9.17) is 0 Å². The number of aryl methyl sites for hydroxylation is 1. The summed E-state index contributed by atoms with van der Waals surface area (Å²) in [6.45, 7) is 5.80. The van der Waals surface area contributed by atoms with Crippen molar-refractivity contribution in [2.45, 2.75) is 30.5 Å². The molecule has 0 spiro atoms. The molecule has 0 aliphatic carbocycles. The fourth-order valence-corrected chi connectivity index (χ4v) is 5.26. The molecule has 1 aromatic carbocycles. The number of benzene rings is 1. The second kappa shape index (κ2) is 10.3. The van der Waals surface area contributed by atoms with Gasteiger partial charge in [0.1, 0.15) is 10.8 Å². The van der Waals surface area contributed by atoms with E-state index in [9.17, 15) is 9.18 Å². The fraction of sp³-hybridized carbons (Fsp3) is 0.550. The van der Waals surface area contributed by atoms with E-state index >= 15 is 0 Å². The molecule has 1 fully saturated rings. The largest absolute Gasteiger partial charge is 0.345 e. The molecule has 1 aromatic heterocycles. The van der Waals surface area contributed by atoms with E-state index in [2.05, 4.69) is 15.1 Å². The van der Waals surface area contributed by atoms with Crippen LogP contribution in [0.5, 0.6) is 0 Å². The van der Waals surface area contributed by atoms with Crippen molar-refractivity contribution in [2.24, 2.45) is 5.92 Å². The molecule has 8 heteroatoms. The molecule has 0 N–H and O–H groups in total. The number of piperidine rings is 1. The lowest BCUT2D eigenvalue weighted by molar-refractivity contribution is -0.127. The highest BCUT2D eigenvalue weighted by molar-refractivity contribution is 8.01. The van der Waals surface area contributed by atoms with Crippen molar-refractivity contribution in [3.63, 3.8) is 0 Å². The number of halogens is 1. The minimum absolute atomic E-state index is 0.140. The summed E-state index contributed by atoms with van der Waals surface area (Å²) in [5.41, 5.74) is 1.17. The van der Waals surface area contributed by atoms with E-state index in [-0.39, 0.29) is 11.7 Å². The van der Waals surface area contributed by atoms with Gasteiger partial charge in [-0.05, 0) is 56.3 Å². The van der Waals surface area contributed by atoms with Gasteiger partial charge >= 0.3 is 0 Å². The molecule has 0 saturated carbocycles. The molecule has 5 nitrogen and oxygen atoms in total. The minimum Gasteiger partial charge on any atom is -0.345 e. The predicted octanol–water partition coefficient (Wildman–Crippen LogP) is 3.49. The Labute approximate surface area is 174 Å². The molecular weight excluding hydrogens is 395 g/mol. The standard InChI is InChI=1S/C20H27FN4OS2/c1-15-22-23-20(28-15)27-14-19(26)24(2)12-17-4-3-10-25(13-17)11-9-16-5-7-18(21)8-6-16/h5-8,17H,3-4,9-14H2,1-2H3/t17-/m1/s1. The molecular formula is C20H27FN4OS2. The molecule has 0 unspecified atom stereocenters. The first-order chi connectivity index (χ1) is 13.5. The van der Waals surface area contributed by atoms with E-state index in [0.717, 1.165) is 54.8 Å². The van der Waals surface area contributed by atoms with E-state index in [1.165, 1.54) is 40.8 Å². The highest BCUT2D eigenvalue weighted by atomic mass is 32.2. The topological polar surface area (TPSA) is 49.3 Å². The van der Waals surface area contributed by atoms with Crippen LogP contribution in [0.1, 0.15) is 23.4 Å². The summed E-state index contributed by atoms with van der Waals surface area (Å²) >= 11 is 2.99. The molecule has 2 heterocycles. The van der Waals surface area contributed by atoms with Gasteiger partial charge < -0.3 is 9.80 Å². The summed E-state index contributed by atoms with van der Waals surface area (Å²) in [4.78, 5) is 16.8. The first-order valence-corrected chi connectivity index (χ1v) is 11.4. The zero-order chi connectivity index (χ0) is 19.9. The maximum absolute atomic E-state index is 13.0. The van der Waals surface area contributed by atoms with E-state index in [1.54, 1.807) is 0 Å². The van der Waals surface area contributed by atoms with Crippen LogP contribution in [-0.2, 0) is 11.2 Å². The van der Waals surface area contributed by atoms with Gasteiger partial charge in [0.2, 0.25) is 5.91 Å². The van der Waals surface area contributed by atoms with Gasteiger partial charge in [-0.3, -0.25) is 4.79 Å². The van der Waals surface area contributed by atoms with Gasteiger partial charge in [0, 0.05) is 26.7 Å². The quantitative estimate of drug-likeness (QED) is 0.610. The lowest BCUT2D eigenvalue weighted by Crippen LogP contribution is -2.42. The average Bonchev–Trinajstić information content (AvgIpc) is 3.11. The lowest BCUT2D eigenvalue weighted by Gasteiger charge is -2.34. The summed E-state index contributed by atoms with van der Waals surface area (Å²) < 4.78 is 13.9. The third-order valence-electron chi connectivity index (χ3n) is 5.02. The second-order valence-electron chi connectivity index (χ2n) is 7.34. The second-order valence-corrected chi connectivity index (χ2v) is 9.74. The number of hydrogen-bond donors (Lipinski definition) is 0. The van der Waals surface area contributed by atoms with Crippen LogP contribution in [0.15, 0.2) is 28.6 Å². The molecule has 1 amide bonds. The number of amides is 1. The zero-order valence-electron chi connectivity index (χ0n) is 16.4. The fourth-order valence-electron chi connectivity index (χ4n) is 3.50. The van der Waals surface area contributed by atoms with E-state index in [1.807, 2.05) is 31.0 Å². The monoisotopic (exact) mass is 422 g/mol. The molecule has 2 aromatic rings. The van der Waals surface area contributed by atoms with Crippen molar-refractivity contribution in [3.05, 3.63) is 40.7 Å². The molecule has 1 aliphatic rings. The highest BCUT2D eigenvalue weighted by Gasteiger charge is 2.22. The van der Waals surface area contributed by atoms with Crippen molar-refractivity contribution >= 4 is 29.0 Å². The number of thioether (sulfide) groups is 1. The van der Waals surface area contributed by atoms with Crippen LogP contribution in [-0.4, -0.2) is 64.9 Å². The van der Waals surface area contributed by atoms with Gasteiger partial charge in [-0.15, -0.1) is 10.2 Å². The van der Waals surface area contributed by atoms with E-state index in [0.29, 0.717) is 11.7 Å². The summed E-state index contributed by atoms with van der Waals surface area (Å²) in [5.74, 6) is 0.867. The Morgan fingerprint density at radius 1 is 1.36 bits per heavy atom. The summed E-state index contributed by atoms with van der Waals surface area (Å²) in [6, 6.07) is 6.77. The SMILES string of the molecule is Cc1nnc(SCC(=O)N(C)C[C@H]2CCCN(CCc3ccc(F)cc3)C2)s1. The van der Waals surface area contributed by atoms with Gasteiger partial charge in [-0.25, -0.2) is 4.39 Å². The summed E-state index contributed by atoms with van der Waals surface area (Å²) in [5, 5.41) is 8.96. The lowest BCUT2D eigenvalue weighted by atomic mass is 9.97. The molecule has 1 aliphatic heterocycles. The van der Waals surface area contributed by atoms with Crippen LogP contribution < -0.4 is 0 Å². The van der Waals surface area contributed by atoms with Gasteiger partial charge in [-0.2, -0.15) is 0 Å². The molecule has 3 rings (SSSR count). The summed E-state index contributed by atoms with van der Waals surface area (Å²) in [6.07, 6.45) is 3.25. The number of likely N-dealkylation sites (tertiary alicyclic amines) is 1.